The molecule has 0 unspecified atom stereocenters. The van der Waals surface area contributed by atoms with Gasteiger partial charge in [0.2, 0.25) is 5.91 Å². The molecule has 0 bridgehead atoms. The highest BCUT2D eigenvalue weighted by atomic mass is 32.2. The van der Waals surface area contributed by atoms with Gasteiger partial charge in [-0.25, -0.2) is 4.98 Å². The smallest absolute Gasteiger partial charge is 0.235 e. The first kappa shape index (κ1) is 22.1. The molecule has 0 saturated carbocycles. The fourth-order valence-electron chi connectivity index (χ4n) is 4.48. The van der Waals surface area contributed by atoms with Crippen molar-refractivity contribution in [2.24, 2.45) is 0 Å². The zero-order valence-electron chi connectivity index (χ0n) is 18.1. The molecule has 0 aromatic carbocycles. The van der Waals surface area contributed by atoms with Crippen molar-refractivity contribution < 1.29 is 4.79 Å². The van der Waals surface area contributed by atoms with Crippen molar-refractivity contribution in [3.63, 3.8) is 0 Å². The molecule has 1 N–H and O–H groups in total. The molecule has 1 amide bonds. The molecule has 3 aromatic heterocycles. The number of amides is 1. The Bertz CT molecular complexity index is 1310. The van der Waals surface area contributed by atoms with Crippen LogP contribution in [-0.4, -0.2) is 35.1 Å². The van der Waals surface area contributed by atoms with Gasteiger partial charge in [0.05, 0.1) is 16.9 Å². The second kappa shape index (κ2) is 9.28. The van der Waals surface area contributed by atoms with E-state index in [-0.39, 0.29) is 11.7 Å². The van der Waals surface area contributed by atoms with Crippen LogP contribution in [0.4, 0.5) is 5.00 Å². The lowest BCUT2D eigenvalue weighted by atomic mass is 9.96. The molecule has 1 aliphatic carbocycles. The predicted molar refractivity (Wildman–Crippen MR) is 133 cm³/mol. The highest BCUT2D eigenvalue weighted by Gasteiger charge is 2.26. The van der Waals surface area contributed by atoms with Crippen molar-refractivity contribution in [3.8, 4) is 22.6 Å². The van der Waals surface area contributed by atoms with Crippen LogP contribution >= 0.6 is 34.4 Å². The monoisotopic (exact) mass is 491 g/mol. The first-order chi connectivity index (χ1) is 16.1. The van der Waals surface area contributed by atoms with Crippen molar-refractivity contribution in [1.29, 1.82) is 10.5 Å². The van der Waals surface area contributed by atoms with Gasteiger partial charge in [-0.2, -0.15) is 10.5 Å². The van der Waals surface area contributed by atoms with Crippen molar-refractivity contribution in [2.45, 2.75) is 37.3 Å². The summed E-state index contributed by atoms with van der Waals surface area (Å²) in [6.45, 7) is 1.68. The standard InChI is InChI=1S/C24H21N5OS3/c1-29-8-7-18-17(12-29)22(20-6-3-9-31-20)16(11-26)23(27-18)32-13-21(30)28-24-15(10-25)14-4-2-5-19(14)33-24/h3,6,9H,2,4-5,7-8,12-13H2,1H3,(H,28,30). The molecule has 5 rings (SSSR count). The number of carbonyl (C=O) groups excluding carboxylic acids is 1. The lowest BCUT2D eigenvalue weighted by molar-refractivity contribution is -0.113. The molecule has 0 spiro atoms. The first-order valence-corrected chi connectivity index (χ1v) is 13.4. The van der Waals surface area contributed by atoms with Gasteiger partial charge in [-0.15, -0.1) is 22.7 Å². The summed E-state index contributed by atoms with van der Waals surface area (Å²) >= 11 is 4.43. The number of thioether (sulfide) groups is 1. The fourth-order valence-corrected chi connectivity index (χ4v) is 7.35. The Labute approximate surface area is 204 Å². The Morgan fingerprint density at radius 3 is 2.85 bits per heavy atom. The molecule has 9 heteroatoms. The van der Waals surface area contributed by atoms with E-state index in [2.05, 4.69) is 29.4 Å². The van der Waals surface area contributed by atoms with Crippen LogP contribution in [0.3, 0.4) is 0 Å². The van der Waals surface area contributed by atoms with Crippen LogP contribution in [0.5, 0.6) is 0 Å². The van der Waals surface area contributed by atoms with Crippen molar-refractivity contribution >= 4 is 45.3 Å². The number of aromatic nitrogens is 1. The molecule has 33 heavy (non-hydrogen) atoms. The number of pyridine rings is 1. The molecule has 0 radical (unpaired) electrons. The van der Waals surface area contributed by atoms with Gasteiger partial charge in [-0.3, -0.25) is 4.79 Å². The maximum atomic E-state index is 12.8. The number of nitrogens with one attached hydrogen (secondary N) is 1. The number of rotatable bonds is 5. The molecule has 3 aromatic rings. The molecule has 1 aliphatic heterocycles. The number of nitriles is 2. The molecule has 166 valence electrons. The third-order valence-corrected chi connectivity index (χ3v) is 9.08. The van der Waals surface area contributed by atoms with Gasteiger partial charge in [0.1, 0.15) is 22.2 Å². The molecule has 0 atom stereocenters. The van der Waals surface area contributed by atoms with Gasteiger partial charge in [-0.05, 0) is 48.9 Å². The van der Waals surface area contributed by atoms with Gasteiger partial charge in [0.15, 0.2) is 0 Å². The van der Waals surface area contributed by atoms with Crippen LogP contribution in [0.25, 0.3) is 10.4 Å². The fraction of sp³-hybridized carbons (Fsp3) is 0.333. The zero-order chi connectivity index (χ0) is 22.9. The third-order valence-electron chi connectivity index (χ3n) is 6.01. The highest BCUT2D eigenvalue weighted by molar-refractivity contribution is 8.00. The van der Waals surface area contributed by atoms with Crippen LogP contribution in [0.15, 0.2) is 22.5 Å². The Morgan fingerprint density at radius 2 is 2.09 bits per heavy atom. The Morgan fingerprint density at radius 1 is 1.24 bits per heavy atom. The van der Waals surface area contributed by atoms with Crippen LogP contribution < -0.4 is 5.32 Å². The Hall–Kier alpha value is -2.69. The summed E-state index contributed by atoms with van der Waals surface area (Å²) in [6, 6.07) is 8.66. The van der Waals surface area contributed by atoms with Gasteiger partial charge in [0, 0.05) is 40.5 Å². The summed E-state index contributed by atoms with van der Waals surface area (Å²) in [7, 11) is 2.08. The Balaban J connectivity index is 1.41. The van der Waals surface area contributed by atoms with Gasteiger partial charge in [-0.1, -0.05) is 17.8 Å². The van der Waals surface area contributed by atoms with E-state index in [0.717, 1.165) is 66.0 Å². The molecular weight excluding hydrogens is 470 g/mol. The number of hydrogen-bond acceptors (Lipinski definition) is 8. The summed E-state index contributed by atoms with van der Waals surface area (Å²) in [4.78, 5) is 22.1. The van der Waals surface area contributed by atoms with Crippen molar-refractivity contribution in [1.82, 2.24) is 9.88 Å². The molecule has 6 nitrogen and oxygen atoms in total. The van der Waals surface area contributed by atoms with Gasteiger partial charge in [0.25, 0.3) is 0 Å². The SMILES string of the molecule is CN1CCc2nc(SCC(=O)Nc3sc4c(c3C#N)CCC4)c(C#N)c(-c3cccs3)c2C1. The van der Waals surface area contributed by atoms with E-state index < -0.39 is 0 Å². The quantitative estimate of drug-likeness (QED) is 0.514. The maximum absolute atomic E-state index is 12.8. The van der Waals surface area contributed by atoms with E-state index in [0.29, 0.717) is 21.2 Å². The number of aryl methyl sites for hydroxylation is 1. The van der Waals surface area contributed by atoms with Crippen LogP contribution in [0.2, 0.25) is 0 Å². The predicted octanol–water partition coefficient (Wildman–Crippen LogP) is 4.82. The molecule has 0 saturated heterocycles. The van der Waals surface area contributed by atoms with Crippen LogP contribution in [-0.2, 0) is 30.6 Å². The zero-order valence-corrected chi connectivity index (χ0v) is 20.6. The minimum Gasteiger partial charge on any atom is -0.316 e. The van der Waals surface area contributed by atoms with E-state index in [4.69, 9.17) is 4.98 Å². The lowest BCUT2D eigenvalue weighted by Gasteiger charge is -2.27. The van der Waals surface area contributed by atoms with Crippen molar-refractivity contribution in [3.05, 3.63) is 50.3 Å². The van der Waals surface area contributed by atoms with E-state index in [1.54, 1.807) is 11.3 Å². The lowest BCUT2D eigenvalue weighted by Crippen LogP contribution is -2.28. The summed E-state index contributed by atoms with van der Waals surface area (Å²) in [5.41, 5.74) is 5.33. The number of likely N-dealkylation sites (N-methyl/N-ethyl adjacent to an activating group) is 1. The normalized spacial score (nSPS) is 14.9. The van der Waals surface area contributed by atoms with Gasteiger partial charge >= 0.3 is 0 Å². The topological polar surface area (TPSA) is 92.8 Å². The van der Waals surface area contributed by atoms with Crippen molar-refractivity contribution in [2.75, 3.05) is 24.7 Å². The van der Waals surface area contributed by atoms with E-state index in [9.17, 15) is 15.3 Å². The van der Waals surface area contributed by atoms with E-state index >= 15 is 0 Å². The number of anilines is 1. The van der Waals surface area contributed by atoms with E-state index in [1.165, 1.54) is 28.0 Å². The highest BCUT2D eigenvalue weighted by Crippen LogP contribution is 2.40. The number of fused-ring (bicyclic) bond motifs is 2. The molecule has 4 heterocycles. The second-order valence-corrected chi connectivity index (χ2v) is 11.2. The van der Waals surface area contributed by atoms with E-state index in [1.807, 2.05) is 17.5 Å². The molecular formula is C24H21N5OS3. The number of nitrogens with zero attached hydrogens (tertiary/aromatic N) is 4. The molecule has 0 fully saturated rings. The number of hydrogen-bond donors (Lipinski definition) is 1. The average Bonchev–Trinajstić information content (AvgIpc) is 3.54. The van der Waals surface area contributed by atoms with Crippen LogP contribution in [0.1, 0.15) is 39.2 Å². The summed E-state index contributed by atoms with van der Waals surface area (Å²) in [6.07, 6.45) is 3.78. The number of carbonyl (C=O) groups is 1. The minimum absolute atomic E-state index is 0.137. The first-order valence-electron chi connectivity index (χ1n) is 10.7. The summed E-state index contributed by atoms with van der Waals surface area (Å²) in [5, 5.41) is 25.8. The minimum atomic E-state index is -0.183. The Kier molecular flexibility index (Phi) is 6.22. The number of thiophene rings is 2. The summed E-state index contributed by atoms with van der Waals surface area (Å²) < 4.78 is 0. The second-order valence-electron chi connectivity index (χ2n) is 8.18. The maximum Gasteiger partial charge on any atom is 0.235 e. The average molecular weight is 492 g/mol. The molecule has 2 aliphatic rings. The van der Waals surface area contributed by atoms with Crippen LogP contribution in [0, 0.1) is 22.7 Å². The van der Waals surface area contributed by atoms with Gasteiger partial charge < -0.3 is 10.2 Å². The summed E-state index contributed by atoms with van der Waals surface area (Å²) in [5.74, 6) is -0.0465. The largest absolute Gasteiger partial charge is 0.316 e. The third kappa shape index (κ3) is 4.18.